The maximum Gasteiger partial charge on any atom is 0.339 e. The Labute approximate surface area is 151 Å². The number of hydrogen-bond donors (Lipinski definition) is 1. The maximum absolute atomic E-state index is 12.6. The van der Waals surface area contributed by atoms with Gasteiger partial charge in [-0.1, -0.05) is 37.3 Å². The molecular weight excluding hydrogens is 334 g/mol. The van der Waals surface area contributed by atoms with E-state index in [4.69, 9.17) is 4.42 Å². The Morgan fingerprint density at radius 3 is 2.35 bits per heavy atom. The Balaban J connectivity index is 1.65. The third kappa shape index (κ3) is 3.54. The number of furan rings is 1. The first kappa shape index (κ1) is 17.9. The predicted molar refractivity (Wildman–Crippen MR) is 94.4 cm³/mol. The van der Waals surface area contributed by atoms with Gasteiger partial charge in [0, 0.05) is 37.1 Å². The number of ketones is 1. The minimum Gasteiger partial charge on any atom is -0.478 e. The van der Waals surface area contributed by atoms with Crippen LogP contribution in [-0.2, 0) is 6.42 Å². The summed E-state index contributed by atoms with van der Waals surface area (Å²) in [6.07, 6.45) is 1.59. The molecule has 1 aromatic heterocycles. The molecule has 1 saturated heterocycles. The summed E-state index contributed by atoms with van der Waals surface area (Å²) >= 11 is 0. The third-order valence-electron chi connectivity index (χ3n) is 4.78. The molecule has 136 valence electrons. The van der Waals surface area contributed by atoms with Gasteiger partial charge in [0.15, 0.2) is 11.5 Å². The number of aryl methyl sites for hydroxylation is 1. The van der Waals surface area contributed by atoms with Gasteiger partial charge in [-0.2, -0.15) is 0 Å². The molecule has 2 heterocycles. The highest BCUT2D eigenvalue weighted by Gasteiger charge is 2.30. The summed E-state index contributed by atoms with van der Waals surface area (Å²) in [5.41, 5.74) is 0.729. The zero-order chi connectivity index (χ0) is 18.7. The summed E-state index contributed by atoms with van der Waals surface area (Å²) < 4.78 is 5.44. The zero-order valence-electron chi connectivity index (χ0n) is 14.6. The fourth-order valence-corrected chi connectivity index (χ4v) is 3.32. The number of benzene rings is 1. The van der Waals surface area contributed by atoms with Crippen molar-refractivity contribution < 1.29 is 23.9 Å². The predicted octanol–water partition coefficient (Wildman–Crippen LogP) is 3.28. The summed E-state index contributed by atoms with van der Waals surface area (Å²) in [4.78, 5) is 38.0. The second kappa shape index (κ2) is 7.56. The lowest BCUT2D eigenvalue weighted by Gasteiger charge is -2.30. The van der Waals surface area contributed by atoms with Gasteiger partial charge in [0.2, 0.25) is 0 Å². The summed E-state index contributed by atoms with van der Waals surface area (Å²) in [6.45, 7) is 2.68. The van der Waals surface area contributed by atoms with Crippen LogP contribution in [0.15, 0.2) is 40.8 Å². The maximum atomic E-state index is 12.6. The second-order valence-corrected chi connectivity index (χ2v) is 6.40. The SMILES string of the molecule is CCc1oc(C(=O)N2CCC(C(=O)c3ccccc3)CC2)cc1C(=O)O. The molecule has 1 aromatic carbocycles. The Bertz CT molecular complexity index is 816. The molecule has 1 amide bonds. The highest BCUT2D eigenvalue weighted by molar-refractivity contribution is 5.98. The zero-order valence-corrected chi connectivity index (χ0v) is 14.6. The fourth-order valence-electron chi connectivity index (χ4n) is 3.32. The number of nitrogens with zero attached hydrogens (tertiary/aromatic N) is 1. The first-order valence-electron chi connectivity index (χ1n) is 8.75. The summed E-state index contributed by atoms with van der Waals surface area (Å²) in [6, 6.07) is 10.5. The van der Waals surface area contributed by atoms with Gasteiger partial charge in [-0.15, -0.1) is 0 Å². The molecule has 1 fully saturated rings. The molecular formula is C20H21NO5. The van der Waals surface area contributed by atoms with Gasteiger partial charge in [0.05, 0.1) is 0 Å². The lowest BCUT2D eigenvalue weighted by Crippen LogP contribution is -2.40. The Morgan fingerprint density at radius 2 is 1.81 bits per heavy atom. The second-order valence-electron chi connectivity index (χ2n) is 6.40. The van der Waals surface area contributed by atoms with Crippen molar-refractivity contribution in [2.75, 3.05) is 13.1 Å². The molecule has 3 rings (SSSR count). The first-order chi connectivity index (χ1) is 12.5. The van der Waals surface area contributed by atoms with Crippen molar-refractivity contribution in [1.29, 1.82) is 0 Å². The van der Waals surface area contributed by atoms with Crippen LogP contribution in [0.3, 0.4) is 0 Å². The number of rotatable bonds is 5. The molecule has 26 heavy (non-hydrogen) atoms. The molecule has 0 aliphatic carbocycles. The van der Waals surface area contributed by atoms with E-state index in [1.165, 1.54) is 6.07 Å². The number of likely N-dealkylation sites (tertiary alicyclic amines) is 1. The Morgan fingerprint density at radius 1 is 1.15 bits per heavy atom. The number of carbonyl (C=O) groups excluding carboxylic acids is 2. The summed E-state index contributed by atoms with van der Waals surface area (Å²) in [5.74, 6) is -1.06. The van der Waals surface area contributed by atoms with E-state index >= 15 is 0 Å². The minimum absolute atomic E-state index is 0.0324. The van der Waals surface area contributed by atoms with Crippen LogP contribution in [0.1, 0.15) is 56.8 Å². The van der Waals surface area contributed by atoms with E-state index in [0.717, 1.165) is 0 Å². The molecule has 0 saturated carbocycles. The molecule has 0 radical (unpaired) electrons. The van der Waals surface area contributed by atoms with Crippen molar-refractivity contribution in [2.24, 2.45) is 5.92 Å². The molecule has 0 atom stereocenters. The Hall–Kier alpha value is -2.89. The number of aromatic carboxylic acids is 1. The van der Waals surface area contributed by atoms with Crippen LogP contribution in [-0.4, -0.2) is 40.8 Å². The van der Waals surface area contributed by atoms with Crippen LogP contribution in [0.4, 0.5) is 0 Å². The molecule has 2 aromatic rings. The molecule has 1 aliphatic rings. The summed E-state index contributed by atoms with van der Waals surface area (Å²) in [5, 5.41) is 9.18. The number of carboxylic acid groups (broad SMARTS) is 1. The van der Waals surface area contributed by atoms with E-state index in [2.05, 4.69) is 0 Å². The van der Waals surface area contributed by atoms with Gasteiger partial charge < -0.3 is 14.4 Å². The van der Waals surface area contributed by atoms with Gasteiger partial charge in [-0.05, 0) is 12.8 Å². The topological polar surface area (TPSA) is 87.8 Å². The van der Waals surface area contributed by atoms with Crippen LogP contribution in [0.25, 0.3) is 0 Å². The number of Topliss-reactive ketones (excluding diaryl/α,β-unsaturated/α-hetero) is 1. The molecule has 0 unspecified atom stereocenters. The standard InChI is InChI=1S/C20H21NO5/c1-2-16-15(20(24)25)12-17(26-16)19(23)21-10-8-14(9-11-21)18(22)13-6-4-3-5-7-13/h3-7,12,14H,2,8-11H2,1H3,(H,24,25). The summed E-state index contributed by atoms with van der Waals surface area (Å²) in [7, 11) is 0. The van der Waals surface area contributed by atoms with Gasteiger partial charge in [-0.3, -0.25) is 9.59 Å². The molecule has 1 N–H and O–H groups in total. The van der Waals surface area contributed by atoms with Crippen molar-refractivity contribution in [2.45, 2.75) is 26.2 Å². The lowest BCUT2D eigenvalue weighted by molar-refractivity contribution is 0.0622. The van der Waals surface area contributed by atoms with E-state index in [-0.39, 0.29) is 28.9 Å². The molecule has 6 nitrogen and oxygen atoms in total. The smallest absolute Gasteiger partial charge is 0.339 e. The quantitative estimate of drug-likeness (QED) is 0.832. The van der Waals surface area contributed by atoms with Crippen LogP contribution in [0.5, 0.6) is 0 Å². The van der Waals surface area contributed by atoms with Gasteiger partial charge in [-0.25, -0.2) is 4.79 Å². The Kier molecular flexibility index (Phi) is 5.21. The number of carbonyl (C=O) groups is 3. The van der Waals surface area contributed by atoms with E-state index in [0.29, 0.717) is 43.7 Å². The molecule has 0 spiro atoms. The van der Waals surface area contributed by atoms with Gasteiger partial charge >= 0.3 is 5.97 Å². The number of carboxylic acids is 1. The highest BCUT2D eigenvalue weighted by Crippen LogP contribution is 2.24. The molecule has 1 aliphatic heterocycles. The molecule has 0 bridgehead atoms. The number of hydrogen-bond acceptors (Lipinski definition) is 4. The van der Waals surface area contributed by atoms with Crippen LogP contribution < -0.4 is 0 Å². The van der Waals surface area contributed by atoms with E-state index < -0.39 is 5.97 Å². The normalized spacial score (nSPS) is 15.0. The van der Waals surface area contributed by atoms with Crippen molar-refractivity contribution in [3.63, 3.8) is 0 Å². The van der Waals surface area contributed by atoms with Gasteiger partial charge in [0.1, 0.15) is 11.3 Å². The van der Waals surface area contributed by atoms with E-state index in [1.54, 1.807) is 11.8 Å². The fraction of sp³-hybridized carbons (Fsp3) is 0.350. The number of amides is 1. The molecule has 6 heteroatoms. The average Bonchev–Trinajstić information content (AvgIpc) is 3.12. The van der Waals surface area contributed by atoms with Crippen molar-refractivity contribution in [3.8, 4) is 0 Å². The van der Waals surface area contributed by atoms with Crippen molar-refractivity contribution in [1.82, 2.24) is 4.90 Å². The van der Waals surface area contributed by atoms with Crippen molar-refractivity contribution in [3.05, 3.63) is 59.0 Å². The average molecular weight is 355 g/mol. The third-order valence-corrected chi connectivity index (χ3v) is 4.78. The van der Waals surface area contributed by atoms with E-state index in [9.17, 15) is 19.5 Å². The lowest BCUT2D eigenvalue weighted by atomic mass is 9.89. The van der Waals surface area contributed by atoms with Crippen LogP contribution >= 0.6 is 0 Å². The number of piperidine rings is 1. The minimum atomic E-state index is -1.10. The monoisotopic (exact) mass is 355 g/mol. The first-order valence-corrected chi connectivity index (χ1v) is 8.75. The highest BCUT2D eigenvalue weighted by atomic mass is 16.4. The van der Waals surface area contributed by atoms with E-state index in [1.807, 2.05) is 30.3 Å². The largest absolute Gasteiger partial charge is 0.478 e. The van der Waals surface area contributed by atoms with Crippen LogP contribution in [0, 0.1) is 5.92 Å². The van der Waals surface area contributed by atoms with Crippen LogP contribution in [0.2, 0.25) is 0 Å². The van der Waals surface area contributed by atoms with Crippen molar-refractivity contribution >= 4 is 17.7 Å². The van der Waals surface area contributed by atoms with Gasteiger partial charge in [0.25, 0.3) is 5.91 Å².